The van der Waals surface area contributed by atoms with Crippen LogP contribution in [0.25, 0.3) is 0 Å². The van der Waals surface area contributed by atoms with Gasteiger partial charge in [-0.25, -0.2) is 9.67 Å². The summed E-state index contributed by atoms with van der Waals surface area (Å²) in [4.78, 5) is 9.74. The molecule has 0 fully saturated rings. The average molecular weight is 322 g/mol. The number of thiazole rings is 1. The lowest BCUT2D eigenvalue weighted by Gasteiger charge is -2.02. The lowest BCUT2D eigenvalue weighted by Crippen LogP contribution is -2.11. The van der Waals surface area contributed by atoms with Crippen LogP contribution in [0.4, 0.5) is 5.69 Å². The van der Waals surface area contributed by atoms with Gasteiger partial charge in [0, 0.05) is 23.3 Å². The van der Waals surface area contributed by atoms with E-state index in [1.54, 1.807) is 29.9 Å². The van der Waals surface area contributed by atoms with Gasteiger partial charge >= 0.3 is 0 Å². The normalized spacial score (nSPS) is 12.2. The summed E-state index contributed by atoms with van der Waals surface area (Å²) in [7, 11) is 0. The van der Waals surface area contributed by atoms with E-state index in [0.29, 0.717) is 0 Å². The molecule has 0 aliphatic carbocycles. The van der Waals surface area contributed by atoms with Crippen LogP contribution in [0.1, 0.15) is 22.4 Å². The molecule has 2 aromatic heterocycles. The van der Waals surface area contributed by atoms with E-state index in [-0.39, 0.29) is 0 Å². The van der Waals surface area contributed by atoms with Crippen molar-refractivity contribution in [2.24, 2.45) is 10.1 Å². The van der Waals surface area contributed by atoms with Crippen LogP contribution in [0, 0.1) is 20.8 Å². The number of pyridine rings is 1. The Balaban J connectivity index is 2.03. The molecule has 116 valence electrons. The first-order valence-corrected chi connectivity index (χ1v) is 8.25. The van der Waals surface area contributed by atoms with Gasteiger partial charge in [-0.2, -0.15) is 5.10 Å². The van der Waals surface area contributed by atoms with Crippen LogP contribution in [0.15, 0.2) is 58.2 Å². The first kappa shape index (κ1) is 15.4. The number of hydrogen-bond acceptors (Lipinski definition) is 4. The highest BCUT2D eigenvalue weighted by atomic mass is 32.1. The summed E-state index contributed by atoms with van der Waals surface area (Å²) in [6.45, 7) is 6.17. The summed E-state index contributed by atoms with van der Waals surface area (Å²) in [6, 6.07) is 10.2. The van der Waals surface area contributed by atoms with Crippen molar-refractivity contribution in [2.75, 3.05) is 0 Å². The van der Waals surface area contributed by atoms with Gasteiger partial charge in [-0.05, 0) is 44.0 Å². The van der Waals surface area contributed by atoms with E-state index in [9.17, 15) is 0 Å². The van der Waals surface area contributed by atoms with Gasteiger partial charge in [0.1, 0.15) is 0 Å². The molecule has 0 unspecified atom stereocenters. The molecule has 3 aromatic rings. The van der Waals surface area contributed by atoms with E-state index in [4.69, 9.17) is 4.99 Å². The standard InChI is InChI=1S/C18H18N4S/c1-13-6-7-14(2)17(9-13)21-18-22(15(3)12-23-18)20-11-16-5-4-8-19-10-16/h4-12H,1-3H3. The van der Waals surface area contributed by atoms with Gasteiger partial charge in [-0.15, -0.1) is 11.3 Å². The maximum Gasteiger partial charge on any atom is 0.211 e. The smallest absolute Gasteiger partial charge is 0.211 e. The van der Waals surface area contributed by atoms with Crippen molar-refractivity contribution in [3.05, 3.63) is 75.3 Å². The molecule has 1 aromatic carbocycles. The molecule has 0 aliphatic rings. The van der Waals surface area contributed by atoms with Crippen molar-refractivity contribution < 1.29 is 0 Å². The van der Waals surface area contributed by atoms with Gasteiger partial charge in [0.25, 0.3) is 0 Å². The third kappa shape index (κ3) is 3.63. The topological polar surface area (TPSA) is 42.5 Å². The first-order valence-electron chi connectivity index (χ1n) is 7.37. The second-order valence-corrected chi connectivity index (χ2v) is 6.24. The zero-order valence-corrected chi connectivity index (χ0v) is 14.2. The van der Waals surface area contributed by atoms with Crippen LogP contribution in [0.5, 0.6) is 0 Å². The SMILES string of the molecule is Cc1ccc(C)c(N=c2scc(C)n2N=Cc2cccnc2)c1. The van der Waals surface area contributed by atoms with Crippen LogP contribution >= 0.6 is 11.3 Å². The molecule has 2 heterocycles. The Morgan fingerprint density at radius 3 is 2.83 bits per heavy atom. The van der Waals surface area contributed by atoms with Crippen molar-refractivity contribution >= 4 is 23.2 Å². The number of hydrogen-bond donors (Lipinski definition) is 0. The van der Waals surface area contributed by atoms with E-state index in [1.165, 1.54) is 5.56 Å². The average Bonchev–Trinajstić information content (AvgIpc) is 2.90. The van der Waals surface area contributed by atoms with Crippen molar-refractivity contribution in [3.8, 4) is 0 Å². The maximum absolute atomic E-state index is 4.79. The Bertz CT molecular complexity index is 904. The van der Waals surface area contributed by atoms with E-state index in [0.717, 1.165) is 27.3 Å². The highest BCUT2D eigenvalue weighted by molar-refractivity contribution is 7.07. The molecule has 0 N–H and O–H groups in total. The molecular weight excluding hydrogens is 304 g/mol. The predicted molar refractivity (Wildman–Crippen MR) is 95.4 cm³/mol. The maximum atomic E-state index is 4.79. The number of aryl methyl sites for hydroxylation is 3. The summed E-state index contributed by atoms with van der Waals surface area (Å²) in [5, 5.41) is 6.61. The van der Waals surface area contributed by atoms with Crippen LogP contribution in [0.3, 0.4) is 0 Å². The molecule has 0 saturated heterocycles. The number of nitrogens with zero attached hydrogens (tertiary/aromatic N) is 4. The third-order valence-corrected chi connectivity index (χ3v) is 4.37. The minimum Gasteiger partial charge on any atom is -0.264 e. The summed E-state index contributed by atoms with van der Waals surface area (Å²) in [6.07, 6.45) is 5.34. The van der Waals surface area contributed by atoms with Crippen molar-refractivity contribution in [2.45, 2.75) is 20.8 Å². The van der Waals surface area contributed by atoms with Crippen molar-refractivity contribution in [1.29, 1.82) is 0 Å². The van der Waals surface area contributed by atoms with E-state index < -0.39 is 0 Å². The van der Waals surface area contributed by atoms with Crippen LogP contribution < -0.4 is 4.80 Å². The van der Waals surface area contributed by atoms with Gasteiger partial charge in [0.2, 0.25) is 4.80 Å². The molecule has 5 heteroatoms. The minimum atomic E-state index is 0.858. The molecule has 0 bridgehead atoms. The van der Waals surface area contributed by atoms with Gasteiger partial charge in [0.05, 0.1) is 17.6 Å². The predicted octanol–water partition coefficient (Wildman–Crippen LogP) is 3.98. The number of rotatable bonds is 3. The van der Waals surface area contributed by atoms with Gasteiger partial charge < -0.3 is 0 Å². The minimum absolute atomic E-state index is 0.858. The van der Waals surface area contributed by atoms with Gasteiger partial charge in [0.15, 0.2) is 0 Å². The Kier molecular flexibility index (Phi) is 4.48. The van der Waals surface area contributed by atoms with Crippen molar-refractivity contribution in [1.82, 2.24) is 9.66 Å². The molecule has 0 aliphatic heterocycles. The second kappa shape index (κ2) is 6.71. The highest BCUT2D eigenvalue weighted by Crippen LogP contribution is 2.19. The Labute approximate surface area is 139 Å². The molecule has 0 saturated carbocycles. The largest absolute Gasteiger partial charge is 0.264 e. The molecule has 4 nitrogen and oxygen atoms in total. The quantitative estimate of drug-likeness (QED) is 0.672. The fourth-order valence-electron chi connectivity index (χ4n) is 2.12. The fourth-order valence-corrected chi connectivity index (χ4v) is 2.94. The second-order valence-electron chi connectivity index (χ2n) is 5.40. The Hall–Kier alpha value is -2.53. The van der Waals surface area contributed by atoms with Crippen LogP contribution in [-0.4, -0.2) is 15.9 Å². The molecule has 23 heavy (non-hydrogen) atoms. The lowest BCUT2D eigenvalue weighted by molar-refractivity contribution is 0.809. The summed E-state index contributed by atoms with van der Waals surface area (Å²) in [5.41, 5.74) is 5.36. The van der Waals surface area contributed by atoms with Gasteiger partial charge in [-0.3, -0.25) is 4.98 Å². The zero-order chi connectivity index (χ0) is 16.2. The molecule has 3 rings (SSSR count). The highest BCUT2D eigenvalue weighted by Gasteiger charge is 2.02. The monoisotopic (exact) mass is 322 g/mol. The van der Waals surface area contributed by atoms with E-state index in [1.807, 2.05) is 23.7 Å². The van der Waals surface area contributed by atoms with Crippen LogP contribution in [0.2, 0.25) is 0 Å². The lowest BCUT2D eigenvalue weighted by atomic mass is 10.1. The molecule has 0 atom stereocenters. The number of aromatic nitrogens is 2. The number of benzene rings is 1. The summed E-state index contributed by atoms with van der Waals surface area (Å²) >= 11 is 1.59. The van der Waals surface area contributed by atoms with Crippen LogP contribution in [-0.2, 0) is 0 Å². The third-order valence-electron chi connectivity index (χ3n) is 3.44. The molecular formula is C18H18N4S. The van der Waals surface area contributed by atoms with E-state index >= 15 is 0 Å². The Morgan fingerprint density at radius 2 is 2.04 bits per heavy atom. The first-order chi connectivity index (χ1) is 11.1. The Morgan fingerprint density at radius 1 is 1.17 bits per heavy atom. The molecule has 0 spiro atoms. The fraction of sp³-hybridized carbons (Fsp3) is 0.167. The molecule has 0 amide bonds. The van der Waals surface area contributed by atoms with E-state index in [2.05, 4.69) is 47.5 Å². The van der Waals surface area contributed by atoms with Gasteiger partial charge in [-0.1, -0.05) is 18.2 Å². The summed E-state index contributed by atoms with van der Waals surface area (Å²) < 4.78 is 1.86. The molecule has 0 radical (unpaired) electrons. The van der Waals surface area contributed by atoms with Crippen molar-refractivity contribution in [3.63, 3.8) is 0 Å². The summed E-state index contributed by atoms with van der Waals surface area (Å²) in [5.74, 6) is 0. The zero-order valence-electron chi connectivity index (χ0n) is 13.4.